The van der Waals surface area contributed by atoms with Crippen molar-refractivity contribution in [3.05, 3.63) is 0 Å². The maximum Gasteiger partial charge on any atom is 0.106 e. The molecule has 0 radical (unpaired) electrons. The van der Waals surface area contributed by atoms with Crippen LogP contribution in [0, 0.1) is 5.41 Å². The summed E-state index contributed by atoms with van der Waals surface area (Å²) in [6, 6.07) is 0. The lowest BCUT2D eigenvalue weighted by molar-refractivity contribution is -0.0980. The maximum atomic E-state index is 8.00. The van der Waals surface area contributed by atoms with E-state index in [-0.39, 0.29) is 5.60 Å². The van der Waals surface area contributed by atoms with Crippen LogP contribution >= 0.6 is 12.6 Å². The molecule has 1 aliphatic carbocycles. The van der Waals surface area contributed by atoms with Crippen LogP contribution in [-0.4, -0.2) is 37.8 Å². The Bertz CT molecular complexity index is 223. The minimum atomic E-state index is -0.0198. The van der Waals surface area contributed by atoms with Gasteiger partial charge >= 0.3 is 0 Å². The smallest absolute Gasteiger partial charge is 0.106 e. The predicted molar refractivity (Wildman–Crippen MR) is 85.1 cm³/mol. The monoisotopic (exact) mass is 289 g/mol. The first-order valence-corrected chi connectivity index (χ1v) is 7.85. The van der Waals surface area contributed by atoms with Crippen LogP contribution in [0.2, 0.25) is 0 Å². The van der Waals surface area contributed by atoms with Gasteiger partial charge in [0.25, 0.3) is 0 Å². The van der Waals surface area contributed by atoms with Crippen LogP contribution in [0.1, 0.15) is 52.9 Å². The average Bonchev–Trinajstić information content (AvgIpc) is 2.40. The number of thiol groups is 1. The summed E-state index contributed by atoms with van der Waals surface area (Å²) in [5.74, 6) is 0.913. The lowest BCUT2D eigenvalue weighted by atomic mass is 9.74. The molecule has 19 heavy (non-hydrogen) atoms. The van der Waals surface area contributed by atoms with Gasteiger partial charge in [0.1, 0.15) is 6.79 Å². The van der Waals surface area contributed by atoms with Gasteiger partial charge < -0.3 is 14.8 Å². The first-order valence-electron chi connectivity index (χ1n) is 7.22. The third-order valence-corrected chi connectivity index (χ3v) is 3.74. The van der Waals surface area contributed by atoms with Crippen molar-refractivity contribution >= 4 is 19.4 Å². The summed E-state index contributed by atoms with van der Waals surface area (Å²) in [7, 11) is 0. The van der Waals surface area contributed by atoms with Crippen molar-refractivity contribution in [2.45, 2.75) is 58.5 Å². The van der Waals surface area contributed by atoms with Gasteiger partial charge in [-0.3, -0.25) is 0 Å². The van der Waals surface area contributed by atoms with Gasteiger partial charge in [0.2, 0.25) is 0 Å². The highest BCUT2D eigenvalue weighted by atomic mass is 32.1. The molecule has 0 aromatic heterocycles. The number of ether oxygens (including phenoxy) is 1. The molecule has 114 valence electrons. The van der Waals surface area contributed by atoms with E-state index < -0.39 is 0 Å². The minimum Gasteiger partial charge on any atom is -0.375 e. The number of carbonyl (C=O) groups is 1. The zero-order valence-electron chi connectivity index (χ0n) is 12.8. The lowest BCUT2D eigenvalue weighted by Gasteiger charge is -2.39. The van der Waals surface area contributed by atoms with Crippen molar-refractivity contribution in [1.29, 1.82) is 0 Å². The van der Waals surface area contributed by atoms with Gasteiger partial charge in [-0.05, 0) is 33.6 Å². The normalized spacial score (nSPS) is 18.5. The molecule has 1 fully saturated rings. The Balaban J connectivity index is 0.00000154. The second kappa shape index (κ2) is 9.78. The first-order chi connectivity index (χ1) is 8.97. The van der Waals surface area contributed by atoms with Crippen LogP contribution in [0.4, 0.5) is 0 Å². The molecule has 0 saturated heterocycles. The van der Waals surface area contributed by atoms with Crippen molar-refractivity contribution in [3.63, 3.8) is 0 Å². The molecule has 3 nitrogen and oxygen atoms in total. The third kappa shape index (κ3) is 8.66. The molecule has 0 bridgehead atoms. The Hall–Kier alpha value is -0.0600. The maximum absolute atomic E-state index is 8.00. The second-order valence-electron chi connectivity index (χ2n) is 6.36. The molecule has 0 atom stereocenters. The van der Waals surface area contributed by atoms with Crippen molar-refractivity contribution in [2.24, 2.45) is 5.41 Å². The third-order valence-electron chi connectivity index (χ3n) is 3.51. The van der Waals surface area contributed by atoms with E-state index in [1.54, 1.807) is 0 Å². The molecule has 0 aliphatic heterocycles. The largest absolute Gasteiger partial charge is 0.375 e. The quantitative estimate of drug-likeness (QED) is 0.583. The number of nitrogens with one attached hydrogen (secondary N) is 1. The van der Waals surface area contributed by atoms with E-state index in [1.165, 1.54) is 32.1 Å². The molecule has 0 spiro atoms. The summed E-state index contributed by atoms with van der Waals surface area (Å²) in [6.07, 6.45) is 6.72. The Morgan fingerprint density at radius 1 is 1.21 bits per heavy atom. The molecule has 1 rings (SSSR count). The fourth-order valence-corrected chi connectivity index (χ4v) is 2.63. The Morgan fingerprint density at radius 2 is 1.79 bits per heavy atom. The lowest BCUT2D eigenvalue weighted by Crippen LogP contribution is -2.42. The van der Waals surface area contributed by atoms with Crippen molar-refractivity contribution < 1.29 is 9.53 Å². The van der Waals surface area contributed by atoms with Crippen LogP contribution in [0.25, 0.3) is 0 Å². The molecular weight excluding hydrogens is 258 g/mol. The van der Waals surface area contributed by atoms with Crippen LogP contribution < -0.4 is 5.32 Å². The SMILES string of the molecule is C=O.CC(C)(C)OCC1(CNCCS)CCCCC1. The fourth-order valence-electron chi connectivity index (χ4n) is 2.48. The minimum absolute atomic E-state index is 0.0198. The van der Waals surface area contributed by atoms with E-state index in [2.05, 4.69) is 38.7 Å². The van der Waals surface area contributed by atoms with E-state index >= 15 is 0 Å². The van der Waals surface area contributed by atoms with Crippen molar-refractivity contribution in [2.75, 3.05) is 25.4 Å². The highest BCUT2D eigenvalue weighted by Crippen LogP contribution is 2.36. The van der Waals surface area contributed by atoms with Crippen LogP contribution in [-0.2, 0) is 9.53 Å². The summed E-state index contributed by atoms with van der Waals surface area (Å²) < 4.78 is 6.04. The molecular formula is C15H31NO2S. The van der Waals surface area contributed by atoms with Gasteiger partial charge in [0.15, 0.2) is 0 Å². The summed E-state index contributed by atoms with van der Waals surface area (Å²) in [5.41, 5.74) is 0.350. The zero-order valence-corrected chi connectivity index (χ0v) is 13.7. The predicted octanol–water partition coefficient (Wildman–Crippen LogP) is 3.09. The van der Waals surface area contributed by atoms with Crippen LogP contribution in [0.15, 0.2) is 0 Å². The van der Waals surface area contributed by atoms with Gasteiger partial charge in [0, 0.05) is 24.3 Å². The second-order valence-corrected chi connectivity index (χ2v) is 6.81. The fraction of sp³-hybridized carbons (Fsp3) is 0.933. The zero-order chi connectivity index (χ0) is 14.8. The number of rotatable bonds is 6. The van der Waals surface area contributed by atoms with E-state index in [4.69, 9.17) is 9.53 Å². The van der Waals surface area contributed by atoms with E-state index in [9.17, 15) is 0 Å². The van der Waals surface area contributed by atoms with E-state index in [0.717, 1.165) is 25.4 Å². The number of carbonyl (C=O) groups excluding carboxylic acids is 1. The van der Waals surface area contributed by atoms with Gasteiger partial charge in [-0.25, -0.2) is 0 Å². The number of hydrogen-bond donors (Lipinski definition) is 2. The Morgan fingerprint density at radius 3 is 2.26 bits per heavy atom. The van der Waals surface area contributed by atoms with E-state index in [0.29, 0.717) is 5.41 Å². The Labute approximate surface area is 124 Å². The molecule has 0 heterocycles. The van der Waals surface area contributed by atoms with Gasteiger partial charge in [-0.2, -0.15) is 12.6 Å². The summed E-state index contributed by atoms with van der Waals surface area (Å²) in [5, 5.41) is 3.53. The first kappa shape index (κ1) is 18.9. The van der Waals surface area contributed by atoms with Gasteiger partial charge in [0.05, 0.1) is 12.2 Å². The standard InChI is InChI=1S/C14H29NOS.CH2O/c1-13(2,3)16-12-14(11-15-9-10-17)7-5-4-6-8-14;1-2/h15,17H,4-12H2,1-3H3;1H2. The van der Waals surface area contributed by atoms with Gasteiger partial charge in [-0.15, -0.1) is 0 Å². The summed E-state index contributed by atoms with van der Waals surface area (Å²) in [4.78, 5) is 8.00. The molecule has 1 aliphatic rings. The number of hydrogen-bond acceptors (Lipinski definition) is 4. The molecule has 1 N–H and O–H groups in total. The van der Waals surface area contributed by atoms with E-state index in [1.807, 2.05) is 6.79 Å². The van der Waals surface area contributed by atoms with Crippen LogP contribution in [0.5, 0.6) is 0 Å². The molecule has 4 heteroatoms. The summed E-state index contributed by atoms with van der Waals surface area (Å²) in [6.45, 7) is 11.4. The molecule has 0 aromatic carbocycles. The van der Waals surface area contributed by atoms with Gasteiger partial charge in [-0.1, -0.05) is 19.3 Å². The van der Waals surface area contributed by atoms with Crippen molar-refractivity contribution in [3.8, 4) is 0 Å². The van der Waals surface area contributed by atoms with Crippen LogP contribution in [0.3, 0.4) is 0 Å². The highest BCUT2D eigenvalue weighted by Gasteiger charge is 2.33. The molecule has 0 aromatic rings. The molecule has 1 saturated carbocycles. The molecule has 0 unspecified atom stereocenters. The average molecular weight is 289 g/mol. The summed E-state index contributed by atoms with van der Waals surface area (Å²) >= 11 is 4.25. The Kier molecular flexibility index (Phi) is 9.75. The highest BCUT2D eigenvalue weighted by molar-refractivity contribution is 7.80. The van der Waals surface area contributed by atoms with Crippen molar-refractivity contribution in [1.82, 2.24) is 5.32 Å². The molecule has 0 amide bonds. The topological polar surface area (TPSA) is 38.3 Å².